The van der Waals surface area contributed by atoms with E-state index >= 15 is 0 Å². The minimum atomic E-state index is 0.703. The van der Waals surface area contributed by atoms with Crippen molar-refractivity contribution in [2.45, 2.75) is 32.7 Å². The molecule has 0 atom stereocenters. The molecule has 0 aromatic heterocycles. The molecule has 2 aromatic carbocycles. The second-order valence-electron chi connectivity index (χ2n) is 5.80. The topological polar surface area (TPSA) is 21.3 Å². The fourth-order valence-corrected chi connectivity index (χ4v) is 2.91. The average molecular weight is 281 g/mol. The van der Waals surface area contributed by atoms with Crippen LogP contribution in [0.4, 0.5) is 0 Å². The number of fused-ring (bicyclic) bond motifs is 1. The van der Waals surface area contributed by atoms with Gasteiger partial charge in [-0.1, -0.05) is 30.3 Å². The van der Waals surface area contributed by atoms with Crippen molar-refractivity contribution in [1.29, 1.82) is 0 Å². The number of ether oxygens (including phenoxy) is 1. The van der Waals surface area contributed by atoms with Gasteiger partial charge < -0.3 is 10.1 Å². The summed E-state index contributed by atoms with van der Waals surface area (Å²) in [5, 5.41) is 3.45. The first-order chi connectivity index (χ1) is 10.3. The summed E-state index contributed by atoms with van der Waals surface area (Å²) in [6.07, 6.45) is 3.82. The maximum absolute atomic E-state index is 5.74. The van der Waals surface area contributed by atoms with E-state index in [2.05, 4.69) is 42.6 Å². The van der Waals surface area contributed by atoms with Gasteiger partial charge in [-0.2, -0.15) is 0 Å². The van der Waals surface area contributed by atoms with Crippen LogP contribution in [0, 0.1) is 6.92 Å². The van der Waals surface area contributed by atoms with Gasteiger partial charge in [-0.25, -0.2) is 0 Å². The number of aryl methyl sites for hydroxylation is 3. The molecule has 0 spiro atoms. The smallest absolute Gasteiger partial charge is 0.119 e. The monoisotopic (exact) mass is 281 g/mol. The quantitative estimate of drug-likeness (QED) is 0.816. The fraction of sp³-hybridized carbons (Fsp3) is 0.368. The van der Waals surface area contributed by atoms with Crippen LogP contribution in [0.2, 0.25) is 0 Å². The molecule has 110 valence electrons. The molecule has 2 heteroatoms. The molecule has 1 aliphatic carbocycles. The number of hydrogen-bond acceptors (Lipinski definition) is 2. The van der Waals surface area contributed by atoms with Gasteiger partial charge in [0.1, 0.15) is 12.4 Å². The van der Waals surface area contributed by atoms with Gasteiger partial charge in [-0.3, -0.25) is 0 Å². The second kappa shape index (κ2) is 6.77. The first-order valence-corrected chi connectivity index (χ1v) is 7.82. The highest BCUT2D eigenvalue weighted by Crippen LogP contribution is 2.22. The van der Waals surface area contributed by atoms with Crippen molar-refractivity contribution < 1.29 is 4.74 Å². The van der Waals surface area contributed by atoms with E-state index in [-0.39, 0.29) is 0 Å². The summed E-state index contributed by atoms with van der Waals surface area (Å²) in [6.45, 7) is 4.57. The van der Waals surface area contributed by atoms with E-state index in [4.69, 9.17) is 4.74 Å². The van der Waals surface area contributed by atoms with Crippen molar-refractivity contribution >= 4 is 0 Å². The van der Waals surface area contributed by atoms with Crippen LogP contribution in [0.25, 0.3) is 0 Å². The SMILES string of the molecule is Cc1cccc(OCCNCc2ccc3c(c2)CCC3)c1. The van der Waals surface area contributed by atoms with E-state index in [1.807, 2.05) is 12.1 Å². The largest absolute Gasteiger partial charge is 0.492 e. The van der Waals surface area contributed by atoms with Crippen LogP contribution in [-0.4, -0.2) is 13.2 Å². The maximum atomic E-state index is 5.74. The van der Waals surface area contributed by atoms with Gasteiger partial charge in [0, 0.05) is 13.1 Å². The highest BCUT2D eigenvalue weighted by atomic mass is 16.5. The van der Waals surface area contributed by atoms with E-state index < -0.39 is 0 Å². The van der Waals surface area contributed by atoms with E-state index in [1.54, 1.807) is 11.1 Å². The van der Waals surface area contributed by atoms with Crippen molar-refractivity contribution in [3.05, 3.63) is 64.7 Å². The van der Waals surface area contributed by atoms with Crippen molar-refractivity contribution in [3.63, 3.8) is 0 Å². The lowest BCUT2D eigenvalue weighted by Gasteiger charge is -2.09. The molecule has 0 fully saturated rings. The Hall–Kier alpha value is -1.80. The predicted molar refractivity (Wildman–Crippen MR) is 86.8 cm³/mol. The lowest BCUT2D eigenvalue weighted by Crippen LogP contribution is -2.20. The zero-order valence-corrected chi connectivity index (χ0v) is 12.7. The van der Waals surface area contributed by atoms with E-state index in [0.717, 1.165) is 18.8 Å². The third-order valence-electron chi connectivity index (χ3n) is 4.03. The van der Waals surface area contributed by atoms with Gasteiger partial charge in [0.05, 0.1) is 0 Å². The summed E-state index contributed by atoms with van der Waals surface area (Å²) in [6, 6.07) is 15.1. The first-order valence-electron chi connectivity index (χ1n) is 7.82. The first kappa shape index (κ1) is 14.2. The lowest BCUT2D eigenvalue weighted by molar-refractivity contribution is 0.313. The Morgan fingerprint density at radius 1 is 1.05 bits per heavy atom. The summed E-state index contributed by atoms with van der Waals surface area (Å²) in [4.78, 5) is 0. The Kier molecular flexibility index (Phi) is 4.56. The predicted octanol–water partition coefficient (Wildman–Crippen LogP) is 3.65. The van der Waals surface area contributed by atoms with Crippen molar-refractivity contribution in [2.24, 2.45) is 0 Å². The standard InChI is InChI=1S/C19H23NO/c1-15-4-2-7-19(12-15)21-11-10-20-14-16-8-9-17-5-3-6-18(17)13-16/h2,4,7-9,12-13,20H,3,5-6,10-11,14H2,1H3. The molecule has 0 aliphatic heterocycles. The molecular weight excluding hydrogens is 258 g/mol. The van der Waals surface area contributed by atoms with Crippen molar-refractivity contribution in [2.75, 3.05) is 13.2 Å². The summed E-state index contributed by atoms with van der Waals surface area (Å²) in [7, 11) is 0. The average Bonchev–Trinajstić information content (AvgIpc) is 2.94. The lowest BCUT2D eigenvalue weighted by atomic mass is 10.1. The van der Waals surface area contributed by atoms with Crippen LogP contribution in [0.3, 0.4) is 0 Å². The van der Waals surface area contributed by atoms with Crippen LogP contribution >= 0.6 is 0 Å². The van der Waals surface area contributed by atoms with Gasteiger partial charge in [0.15, 0.2) is 0 Å². The van der Waals surface area contributed by atoms with Crippen LogP contribution in [0.15, 0.2) is 42.5 Å². The Bertz CT molecular complexity index is 606. The Balaban J connectivity index is 1.40. The molecule has 0 unspecified atom stereocenters. The Morgan fingerprint density at radius 3 is 2.86 bits per heavy atom. The third-order valence-corrected chi connectivity index (χ3v) is 4.03. The van der Waals surface area contributed by atoms with Crippen molar-refractivity contribution in [3.8, 4) is 5.75 Å². The molecule has 2 aromatic rings. The minimum absolute atomic E-state index is 0.703. The maximum Gasteiger partial charge on any atom is 0.119 e. The zero-order chi connectivity index (χ0) is 14.5. The Labute approximate surface area is 127 Å². The number of nitrogens with one attached hydrogen (secondary N) is 1. The van der Waals surface area contributed by atoms with E-state index in [9.17, 15) is 0 Å². The summed E-state index contributed by atoms with van der Waals surface area (Å²) >= 11 is 0. The molecule has 0 bridgehead atoms. The molecule has 3 rings (SSSR count). The van der Waals surface area contributed by atoms with Crippen LogP contribution in [0.1, 0.15) is 28.7 Å². The molecule has 0 heterocycles. The summed E-state index contributed by atoms with van der Waals surface area (Å²) in [5.74, 6) is 0.953. The summed E-state index contributed by atoms with van der Waals surface area (Å²) < 4.78 is 5.74. The summed E-state index contributed by atoms with van der Waals surface area (Å²) in [5.41, 5.74) is 5.71. The fourth-order valence-electron chi connectivity index (χ4n) is 2.91. The van der Waals surface area contributed by atoms with Gasteiger partial charge in [-0.05, 0) is 60.6 Å². The highest BCUT2D eigenvalue weighted by molar-refractivity contribution is 5.35. The van der Waals surface area contributed by atoms with Gasteiger partial charge >= 0.3 is 0 Å². The van der Waals surface area contributed by atoms with E-state index in [1.165, 1.54) is 30.4 Å². The Morgan fingerprint density at radius 2 is 1.95 bits per heavy atom. The second-order valence-corrected chi connectivity index (χ2v) is 5.80. The molecule has 0 radical (unpaired) electrons. The number of hydrogen-bond donors (Lipinski definition) is 1. The molecule has 0 saturated heterocycles. The molecule has 21 heavy (non-hydrogen) atoms. The number of benzene rings is 2. The van der Waals surface area contributed by atoms with E-state index in [0.29, 0.717) is 6.61 Å². The molecular formula is C19H23NO. The van der Waals surface area contributed by atoms with Crippen LogP contribution in [0.5, 0.6) is 5.75 Å². The molecule has 0 saturated carbocycles. The number of rotatable bonds is 6. The molecule has 2 nitrogen and oxygen atoms in total. The van der Waals surface area contributed by atoms with Gasteiger partial charge in [0.25, 0.3) is 0 Å². The molecule has 0 amide bonds. The van der Waals surface area contributed by atoms with Crippen molar-refractivity contribution in [1.82, 2.24) is 5.32 Å². The van der Waals surface area contributed by atoms with Gasteiger partial charge in [-0.15, -0.1) is 0 Å². The zero-order valence-electron chi connectivity index (χ0n) is 12.7. The highest BCUT2D eigenvalue weighted by Gasteiger charge is 2.10. The van der Waals surface area contributed by atoms with Gasteiger partial charge in [0.2, 0.25) is 0 Å². The van der Waals surface area contributed by atoms with Crippen LogP contribution < -0.4 is 10.1 Å². The van der Waals surface area contributed by atoms with Crippen LogP contribution in [-0.2, 0) is 19.4 Å². The molecule has 1 aliphatic rings. The minimum Gasteiger partial charge on any atom is -0.492 e. The normalized spacial score (nSPS) is 13.2. The molecule has 1 N–H and O–H groups in total. The third kappa shape index (κ3) is 3.85.